The first kappa shape index (κ1) is 37.9. The number of hydrogen-bond acceptors (Lipinski definition) is 13. The van der Waals surface area contributed by atoms with Crippen molar-refractivity contribution in [2.75, 3.05) is 84.9 Å². The molecule has 0 spiro atoms. The summed E-state index contributed by atoms with van der Waals surface area (Å²) < 4.78 is 35.9. The number of rotatable bonds is 21. The Balaban J connectivity index is 1.22. The number of morpholine rings is 1. The van der Waals surface area contributed by atoms with Gasteiger partial charge in [0, 0.05) is 57.2 Å². The number of hydrogen-bond donors (Lipinski definition) is 3. The van der Waals surface area contributed by atoms with Crippen molar-refractivity contribution in [3.8, 4) is 28.8 Å². The van der Waals surface area contributed by atoms with Gasteiger partial charge >= 0.3 is 0 Å². The second-order valence-corrected chi connectivity index (χ2v) is 12.6. The zero-order chi connectivity index (χ0) is 35.7. The fourth-order valence-electron chi connectivity index (χ4n) is 6.22. The maximum absolute atomic E-state index is 9.60. The molecule has 2 fully saturated rings. The molecule has 2 aromatic heterocycles. The van der Waals surface area contributed by atoms with Gasteiger partial charge in [-0.05, 0) is 50.3 Å². The third-order valence-electron chi connectivity index (χ3n) is 8.95. The zero-order valence-corrected chi connectivity index (χ0v) is 29.7. The second-order valence-electron chi connectivity index (χ2n) is 12.6. The highest BCUT2D eigenvalue weighted by Crippen LogP contribution is 2.35. The summed E-state index contributed by atoms with van der Waals surface area (Å²) in [4.78, 5) is 11.8. The predicted octanol–water partition coefficient (Wildman–Crippen LogP) is 4.18. The summed E-state index contributed by atoms with van der Waals surface area (Å²) in [5.74, 6) is 1.37. The lowest BCUT2D eigenvalue weighted by molar-refractivity contribution is 0.00502. The van der Waals surface area contributed by atoms with Gasteiger partial charge in [0.25, 0.3) is 5.88 Å². The van der Waals surface area contributed by atoms with E-state index >= 15 is 0 Å². The van der Waals surface area contributed by atoms with Crippen LogP contribution in [0.5, 0.6) is 11.6 Å². The lowest BCUT2D eigenvalue weighted by Crippen LogP contribution is -2.45. The van der Waals surface area contributed by atoms with Crippen LogP contribution in [-0.4, -0.2) is 123 Å². The highest BCUT2D eigenvalue weighted by Gasteiger charge is 2.29. The van der Waals surface area contributed by atoms with Gasteiger partial charge in [-0.2, -0.15) is 5.26 Å². The molecule has 5 rings (SSSR count). The topological polar surface area (TPSA) is 174 Å². The summed E-state index contributed by atoms with van der Waals surface area (Å²) in [5.41, 5.74) is 2.72. The molecule has 1 aromatic carbocycles. The average molecular weight is 706 g/mol. The Kier molecular flexibility index (Phi) is 15.2. The Morgan fingerprint density at radius 1 is 1.00 bits per heavy atom. The smallest absolute Gasteiger partial charge is 0.256 e. The molecule has 1 atom stereocenters. The molecule has 15 nitrogen and oxygen atoms in total. The number of nitrogens with one attached hydrogen (secondary N) is 3. The van der Waals surface area contributed by atoms with Crippen LogP contribution in [0.1, 0.15) is 50.6 Å². The van der Waals surface area contributed by atoms with Crippen LogP contribution in [0.3, 0.4) is 0 Å². The maximum Gasteiger partial charge on any atom is 0.256 e. The average Bonchev–Trinajstić information content (AvgIpc) is 3.57. The first-order chi connectivity index (χ1) is 25.1. The van der Waals surface area contributed by atoms with Gasteiger partial charge in [-0.15, -0.1) is 5.10 Å². The van der Waals surface area contributed by atoms with E-state index in [1.54, 1.807) is 25.6 Å². The van der Waals surface area contributed by atoms with Crippen LogP contribution in [0.4, 0.5) is 11.6 Å². The minimum atomic E-state index is -0.243. The van der Waals surface area contributed by atoms with E-state index in [9.17, 15) is 5.26 Å². The standard InChI is InChI=1S/C36H51N9O6/c1-27(22-39-26-38)51-34-20-28(4-5-29(34)21-37)30-23-40-36(41-24-30)42-33-25-45(32-8-6-31(7-9-32)44-10-14-48-15-11-44)43-35(33)50-13-3-12-47-18-19-49-17-16-46-2/h4-5,20,23-27,31-32H,3,6-19,22H2,1-2H3,(H2,38,39)(H,40,41,42)/t27-,31-,32-/m0/s1. The van der Waals surface area contributed by atoms with Crippen LogP contribution >= 0.6 is 0 Å². The van der Waals surface area contributed by atoms with E-state index in [1.165, 1.54) is 0 Å². The van der Waals surface area contributed by atoms with Crippen molar-refractivity contribution in [3.05, 3.63) is 42.4 Å². The first-order valence-corrected chi connectivity index (χ1v) is 17.8. The summed E-state index contributed by atoms with van der Waals surface area (Å²) in [6.07, 6.45) is 11.4. The summed E-state index contributed by atoms with van der Waals surface area (Å²) in [6.45, 7) is 9.14. The molecule has 276 valence electrons. The van der Waals surface area contributed by atoms with Crippen molar-refractivity contribution in [2.24, 2.45) is 0 Å². The lowest BCUT2D eigenvalue weighted by Gasteiger charge is -2.38. The van der Waals surface area contributed by atoms with Gasteiger partial charge in [-0.3, -0.25) is 15.0 Å². The molecular formula is C36H51N9O6. The Hall–Kier alpha value is -4.33. The minimum absolute atomic E-state index is 0.243. The van der Waals surface area contributed by atoms with E-state index in [2.05, 4.69) is 31.6 Å². The normalized spacial score (nSPS) is 18.5. The van der Waals surface area contributed by atoms with Crippen LogP contribution in [0.15, 0.2) is 36.8 Å². The molecule has 0 bridgehead atoms. The van der Waals surface area contributed by atoms with Gasteiger partial charge < -0.3 is 39.1 Å². The molecule has 1 aliphatic carbocycles. The van der Waals surface area contributed by atoms with Gasteiger partial charge in [-0.25, -0.2) is 9.97 Å². The number of ether oxygens (including phenoxy) is 6. The molecule has 0 amide bonds. The van der Waals surface area contributed by atoms with Gasteiger partial charge in [-0.1, -0.05) is 6.07 Å². The van der Waals surface area contributed by atoms with Crippen molar-refractivity contribution < 1.29 is 28.4 Å². The molecule has 1 aliphatic heterocycles. The fourth-order valence-corrected chi connectivity index (χ4v) is 6.22. The number of aromatic nitrogens is 4. The van der Waals surface area contributed by atoms with Gasteiger partial charge in [0.15, 0.2) is 0 Å². The molecule has 15 heteroatoms. The quantitative estimate of drug-likeness (QED) is 0.0819. The minimum Gasteiger partial charge on any atom is -0.487 e. The molecule has 0 unspecified atom stereocenters. The second kappa shape index (κ2) is 20.5. The van der Waals surface area contributed by atoms with Crippen molar-refractivity contribution >= 4 is 18.0 Å². The highest BCUT2D eigenvalue weighted by atomic mass is 16.5. The molecule has 0 radical (unpaired) electrons. The SMILES string of the molecule is COCCOCCOCCCOc1nn([C@H]2CC[C@H](N3CCOCC3)CC2)cc1Nc1ncc(-c2ccc(C#N)c(O[C@@H](C)CNC=N)c2)cn1. The molecule has 3 heterocycles. The van der Waals surface area contributed by atoms with Crippen LogP contribution in [0.2, 0.25) is 0 Å². The highest BCUT2D eigenvalue weighted by molar-refractivity contribution is 5.67. The molecule has 3 N–H and O–H groups in total. The van der Waals surface area contributed by atoms with E-state index in [4.69, 9.17) is 38.9 Å². The van der Waals surface area contributed by atoms with Crippen molar-refractivity contribution in [3.63, 3.8) is 0 Å². The Morgan fingerprint density at radius 2 is 1.73 bits per heavy atom. The van der Waals surface area contributed by atoms with Gasteiger partial charge in [0.05, 0.1) is 76.9 Å². The molecule has 51 heavy (non-hydrogen) atoms. The van der Waals surface area contributed by atoms with Crippen molar-refractivity contribution in [1.29, 1.82) is 10.7 Å². The third kappa shape index (κ3) is 11.6. The van der Waals surface area contributed by atoms with E-state index in [0.717, 1.165) is 69.5 Å². The van der Waals surface area contributed by atoms with Crippen LogP contribution in [0, 0.1) is 16.7 Å². The number of benzene rings is 1. The lowest BCUT2D eigenvalue weighted by atomic mass is 9.90. The number of methoxy groups -OCH3 is 1. The molecule has 3 aromatic rings. The van der Waals surface area contributed by atoms with Gasteiger partial charge in [0.2, 0.25) is 5.95 Å². The van der Waals surface area contributed by atoms with Crippen LogP contribution in [-0.2, 0) is 18.9 Å². The Morgan fingerprint density at radius 3 is 2.45 bits per heavy atom. The zero-order valence-electron chi connectivity index (χ0n) is 29.7. The number of anilines is 2. The Bertz CT molecular complexity index is 1520. The van der Waals surface area contributed by atoms with Gasteiger partial charge in [0.1, 0.15) is 23.6 Å². The third-order valence-corrected chi connectivity index (χ3v) is 8.95. The molecular weight excluding hydrogens is 654 g/mol. The summed E-state index contributed by atoms with van der Waals surface area (Å²) in [7, 11) is 1.65. The van der Waals surface area contributed by atoms with E-state index in [-0.39, 0.29) is 12.1 Å². The summed E-state index contributed by atoms with van der Waals surface area (Å²) in [6, 6.07) is 8.44. The molecule has 1 saturated heterocycles. The molecule has 2 aliphatic rings. The first-order valence-electron chi connectivity index (χ1n) is 17.8. The Labute approximate surface area is 300 Å². The fraction of sp³-hybridized carbons (Fsp3) is 0.583. The summed E-state index contributed by atoms with van der Waals surface area (Å²) in [5, 5.41) is 27.8. The van der Waals surface area contributed by atoms with E-state index in [1.807, 2.05) is 29.9 Å². The van der Waals surface area contributed by atoms with E-state index in [0.29, 0.717) is 87.5 Å². The largest absolute Gasteiger partial charge is 0.487 e. The van der Waals surface area contributed by atoms with E-state index < -0.39 is 0 Å². The van der Waals surface area contributed by atoms with Crippen LogP contribution in [0.25, 0.3) is 11.1 Å². The monoisotopic (exact) mass is 705 g/mol. The molecule has 1 saturated carbocycles. The van der Waals surface area contributed by atoms with Crippen molar-refractivity contribution in [1.82, 2.24) is 30.0 Å². The number of nitrogens with zero attached hydrogens (tertiary/aromatic N) is 6. The summed E-state index contributed by atoms with van der Waals surface area (Å²) >= 11 is 0. The van der Waals surface area contributed by atoms with Crippen LogP contribution < -0.4 is 20.1 Å². The van der Waals surface area contributed by atoms with Crippen molar-refractivity contribution in [2.45, 2.75) is 57.2 Å². The maximum atomic E-state index is 9.60. The number of nitriles is 1. The predicted molar refractivity (Wildman–Crippen MR) is 192 cm³/mol.